The van der Waals surface area contributed by atoms with Gasteiger partial charge in [-0.1, -0.05) is 12.1 Å². The summed E-state index contributed by atoms with van der Waals surface area (Å²) < 4.78 is 0. The second-order valence-electron chi connectivity index (χ2n) is 7.78. The summed E-state index contributed by atoms with van der Waals surface area (Å²) in [5.74, 6) is 0.456. The molecule has 1 aromatic carbocycles. The number of carbonyl (C=O) groups excluding carboxylic acids is 1. The number of anilines is 1. The maximum absolute atomic E-state index is 12.6. The van der Waals surface area contributed by atoms with Crippen LogP contribution in [0.25, 0.3) is 21.5 Å². The largest absolute Gasteiger partial charge is 0.326 e. The number of aromatic nitrogens is 3. The van der Waals surface area contributed by atoms with E-state index in [0.29, 0.717) is 12.2 Å². The maximum atomic E-state index is 12.6. The highest BCUT2D eigenvalue weighted by Gasteiger charge is 2.20. The molecule has 6 nitrogen and oxygen atoms in total. The van der Waals surface area contributed by atoms with Gasteiger partial charge in [0.25, 0.3) is 5.56 Å². The molecule has 2 N–H and O–H groups in total. The molecule has 0 fully saturated rings. The van der Waals surface area contributed by atoms with Crippen LogP contribution in [0.15, 0.2) is 34.4 Å². The Bertz CT molecular complexity index is 1340. The zero-order valence-corrected chi connectivity index (χ0v) is 18.8. The minimum atomic E-state index is -0.111. The SMILES string of the molecule is Cc1nc(-c2cccc(NC(=O)CCc3nc4sc5c(c4c(=O)[nH]3)CCCC5)c2)cs1. The maximum Gasteiger partial charge on any atom is 0.259 e. The first kappa shape index (κ1) is 20.1. The molecule has 1 aliphatic carbocycles. The number of H-pyrrole nitrogens is 1. The average molecular weight is 451 g/mol. The molecule has 0 bridgehead atoms. The van der Waals surface area contributed by atoms with E-state index < -0.39 is 0 Å². The molecule has 4 aromatic rings. The van der Waals surface area contributed by atoms with E-state index >= 15 is 0 Å². The number of nitrogens with zero attached hydrogens (tertiary/aromatic N) is 2. The van der Waals surface area contributed by atoms with Crippen molar-refractivity contribution in [3.05, 3.63) is 61.3 Å². The Morgan fingerprint density at radius 3 is 2.94 bits per heavy atom. The molecule has 0 atom stereocenters. The van der Waals surface area contributed by atoms with Crippen LogP contribution in [0.4, 0.5) is 5.69 Å². The van der Waals surface area contributed by atoms with Crippen LogP contribution < -0.4 is 10.9 Å². The number of fused-ring (bicyclic) bond motifs is 3. The lowest BCUT2D eigenvalue weighted by Crippen LogP contribution is -2.16. The third kappa shape index (κ3) is 4.18. The Balaban J connectivity index is 1.28. The minimum absolute atomic E-state index is 0.0777. The number of rotatable bonds is 5. The van der Waals surface area contributed by atoms with Gasteiger partial charge in [0.2, 0.25) is 5.91 Å². The molecule has 1 aliphatic rings. The highest BCUT2D eigenvalue weighted by Crippen LogP contribution is 2.33. The van der Waals surface area contributed by atoms with Gasteiger partial charge < -0.3 is 10.3 Å². The standard InChI is InChI=1S/C23H22N4O2S2/c1-13-24-17(12-30-13)14-5-4-6-15(11-14)25-20(28)10-9-19-26-22(29)21-16-7-2-3-8-18(16)31-23(21)27-19/h4-6,11-12H,2-3,7-10H2,1H3,(H,25,28)(H,26,27,29). The van der Waals surface area contributed by atoms with Gasteiger partial charge in [-0.2, -0.15) is 0 Å². The number of aryl methyl sites for hydroxylation is 4. The molecule has 5 rings (SSSR count). The predicted octanol–water partition coefficient (Wildman–Crippen LogP) is 4.87. The molecule has 0 saturated heterocycles. The van der Waals surface area contributed by atoms with Gasteiger partial charge in [0.1, 0.15) is 10.7 Å². The van der Waals surface area contributed by atoms with Crippen LogP contribution in [0.2, 0.25) is 0 Å². The predicted molar refractivity (Wildman–Crippen MR) is 126 cm³/mol. The van der Waals surface area contributed by atoms with Crippen molar-refractivity contribution >= 4 is 44.5 Å². The number of aromatic amines is 1. The molecule has 0 saturated carbocycles. The molecule has 158 valence electrons. The monoisotopic (exact) mass is 450 g/mol. The van der Waals surface area contributed by atoms with Crippen LogP contribution in [-0.4, -0.2) is 20.9 Å². The van der Waals surface area contributed by atoms with Crippen molar-refractivity contribution in [2.75, 3.05) is 5.32 Å². The summed E-state index contributed by atoms with van der Waals surface area (Å²) in [6.07, 6.45) is 4.94. The summed E-state index contributed by atoms with van der Waals surface area (Å²) in [4.78, 5) is 39.3. The highest BCUT2D eigenvalue weighted by atomic mass is 32.1. The van der Waals surface area contributed by atoms with Gasteiger partial charge in [0.15, 0.2) is 0 Å². The van der Waals surface area contributed by atoms with Gasteiger partial charge in [0, 0.05) is 34.3 Å². The molecular weight excluding hydrogens is 428 g/mol. The van der Waals surface area contributed by atoms with E-state index in [1.165, 1.54) is 16.9 Å². The van der Waals surface area contributed by atoms with Crippen LogP contribution in [0.3, 0.4) is 0 Å². The fourth-order valence-corrected chi connectivity index (χ4v) is 5.94. The second-order valence-corrected chi connectivity index (χ2v) is 9.93. The van der Waals surface area contributed by atoms with E-state index in [-0.39, 0.29) is 17.9 Å². The van der Waals surface area contributed by atoms with Crippen molar-refractivity contribution in [2.45, 2.75) is 45.4 Å². The first-order chi connectivity index (χ1) is 15.1. The van der Waals surface area contributed by atoms with E-state index in [1.54, 1.807) is 22.7 Å². The van der Waals surface area contributed by atoms with Gasteiger partial charge in [-0.15, -0.1) is 22.7 Å². The summed E-state index contributed by atoms with van der Waals surface area (Å²) in [7, 11) is 0. The normalized spacial score (nSPS) is 13.3. The molecule has 8 heteroatoms. The van der Waals surface area contributed by atoms with Gasteiger partial charge in [-0.05, 0) is 50.3 Å². The zero-order chi connectivity index (χ0) is 21.4. The Hall–Kier alpha value is -2.84. The third-order valence-electron chi connectivity index (χ3n) is 5.52. The molecule has 3 aromatic heterocycles. The van der Waals surface area contributed by atoms with Gasteiger partial charge >= 0.3 is 0 Å². The number of nitrogens with one attached hydrogen (secondary N) is 2. The van der Waals surface area contributed by atoms with Gasteiger partial charge in [0.05, 0.1) is 16.1 Å². The van der Waals surface area contributed by atoms with E-state index in [9.17, 15) is 9.59 Å². The fourth-order valence-electron chi connectivity index (χ4n) is 4.03. The van der Waals surface area contributed by atoms with Crippen LogP contribution >= 0.6 is 22.7 Å². The summed E-state index contributed by atoms with van der Waals surface area (Å²) >= 11 is 3.23. The molecule has 0 unspecified atom stereocenters. The lowest BCUT2D eigenvalue weighted by Gasteiger charge is -2.09. The molecule has 0 aliphatic heterocycles. The van der Waals surface area contributed by atoms with Crippen molar-refractivity contribution in [2.24, 2.45) is 0 Å². The first-order valence-electron chi connectivity index (χ1n) is 10.4. The number of hydrogen-bond donors (Lipinski definition) is 2. The quantitative estimate of drug-likeness (QED) is 0.454. The number of hydrogen-bond acceptors (Lipinski definition) is 6. The lowest BCUT2D eigenvalue weighted by molar-refractivity contribution is -0.116. The summed E-state index contributed by atoms with van der Waals surface area (Å²) in [6, 6.07) is 7.68. The van der Waals surface area contributed by atoms with Crippen molar-refractivity contribution in [1.29, 1.82) is 0 Å². The van der Waals surface area contributed by atoms with E-state index in [4.69, 9.17) is 0 Å². The number of carbonyl (C=O) groups is 1. The Labute approximate surface area is 187 Å². The fraction of sp³-hybridized carbons (Fsp3) is 0.304. The van der Waals surface area contributed by atoms with Crippen molar-refractivity contribution in [1.82, 2.24) is 15.0 Å². The molecule has 0 radical (unpaired) electrons. The topological polar surface area (TPSA) is 87.7 Å². The lowest BCUT2D eigenvalue weighted by atomic mass is 9.97. The van der Waals surface area contributed by atoms with Crippen molar-refractivity contribution in [3.8, 4) is 11.3 Å². The first-order valence-corrected chi connectivity index (χ1v) is 12.1. The van der Waals surface area contributed by atoms with Gasteiger partial charge in [-0.3, -0.25) is 9.59 Å². The molecule has 0 spiro atoms. The number of benzene rings is 1. The number of thiophene rings is 1. The Morgan fingerprint density at radius 2 is 2.10 bits per heavy atom. The van der Waals surface area contributed by atoms with Crippen LogP contribution in [0.1, 0.15) is 40.5 Å². The minimum Gasteiger partial charge on any atom is -0.326 e. The zero-order valence-electron chi connectivity index (χ0n) is 17.2. The number of amides is 1. The molecule has 31 heavy (non-hydrogen) atoms. The second kappa shape index (κ2) is 8.36. The van der Waals surface area contributed by atoms with Crippen LogP contribution in [0, 0.1) is 6.92 Å². The van der Waals surface area contributed by atoms with Gasteiger partial charge in [-0.25, -0.2) is 9.97 Å². The summed E-state index contributed by atoms with van der Waals surface area (Å²) in [5, 5.41) is 6.71. The summed E-state index contributed by atoms with van der Waals surface area (Å²) in [6.45, 7) is 1.97. The van der Waals surface area contributed by atoms with Crippen molar-refractivity contribution in [3.63, 3.8) is 0 Å². The van der Waals surface area contributed by atoms with Crippen LogP contribution in [0.5, 0.6) is 0 Å². The average Bonchev–Trinajstić information content (AvgIpc) is 3.36. The van der Waals surface area contributed by atoms with Crippen molar-refractivity contribution < 1.29 is 4.79 Å². The summed E-state index contributed by atoms with van der Waals surface area (Å²) in [5.41, 5.74) is 3.72. The third-order valence-corrected chi connectivity index (χ3v) is 7.48. The number of thiazole rings is 1. The smallest absolute Gasteiger partial charge is 0.259 e. The van der Waals surface area contributed by atoms with Crippen LogP contribution in [-0.2, 0) is 24.1 Å². The molecular formula is C23H22N4O2S2. The van der Waals surface area contributed by atoms with E-state index in [0.717, 1.165) is 51.4 Å². The highest BCUT2D eigenvalue weighted by molar-refractivity contribution is 7.18. The Kier molecular flexibility index (Phi) is 5.41. The Morgan fingerprint density at radius 1 is 1.23 bits per heavy atom. The molecule has 1 amide bonds. The van der Waals surface area contributed by atoms with E-state index in [1.807, 2.05) is 36.6 Å². The van der Waals surface area contributed by atoms with E-state index in [2.05, 4.69) is 20.3 Å². The molecule has 3 heterocycles.